The highest BCUT2D eigenvalue weighted by atomic mass is 19.1. The third-order valence-corrected chi connectivity index (χ3v) is 3.01. The van der Waals surface area contributed by atoms with Gasteiger partial charge in [-0.05, 0) is 36.8 Å². The van der Waals surface area contributed by atoms with Crippen LogP contribution >= 0.6 is 0 Å². The van der Waals surface area contributed by atoms with Gasteiger partial charge in [0, 0.05) is 5.56 Å². The SMILES string of the molecule is CCCOc1ccc(C(=O)Nc2ccccc2F)cc1OC. The predicted molar refractivity (Wildman–Crippen MR) is 83.1 cm³/mol. The Balaban J connectivity index is 2.18. The molecule has 2 aromatic carbocycles. The number of anilines is 1. The molecule has 4 nitrogen and oxygen atoms in total. The third-order valence-electron chi connectivity index (χ3n) is 3.01. The van der Waals surface area contributed by atoms with Crippen molar-refractivity contribution in [1.82, 2.24) is 0 Å². The Hall–Kier alpha value is -2.56. The van der Waals surface area contributed by atoms with Gasteiger partial charge in [-0.15, -0.1) is 0 Å². The lowest BCUT2D eigenvalue weighted by atomic mass is 10.1. The van der Waals surface area contributed by atoms with Crippen LogP contribution in [0.15, 0.2) is 42.5 Å². The molecule has 0 fully saturated rings. The number of halogens is 1. The first kappa shape index (κ1) is 15.8. The summed E-state index contributed by atoms with van der Waals surface area (Å²) in [5, 5.41) is 2.53. The fourth-order valence-electron chi connectivity index (χ4n) is 1.90. The number of hydrogen-bond acceptors (Lipinski definition) is 3. The summed E-state index contributed by atoms with van der Waals surface area (Å²) in [6.07, 6.45) is 0.874. The quantitative estimate of drug-likeness (QED) is 0.881. The maximum absolute atomic E-state index is 13.6. The Morgan fingerprint density at radius 3 is 2.64 bits per heavy atom. The fourth-order valence-corrected chi connectivity index (χ4v) is 1.90. The van der Waals surface area contributed by atoms with Gasteiger partial charge in [-0.2, -0.15) is 0 Å². The molecule has 2 rings (SSSR count). The molecule has 22 heavy (non-hydrogen) atoms. The summed E-state index contributed by atoms with van der Waals surface area (Å²) in [5.41, 5.74) is 0.502. The van der Waals surface area contributed by atoms with E-state index in [0.29, 0.717) is 23.7 Å². The lowest BCUT2D eigenvalue weighted by Gasteiger charge is -2.12. The van der Waals surface area contributed by atoms with Crippen molar-refractivity contribution in [3.8, 4) is 11.5 Å². The average Bonchev–Trinajstić information content (AvgIpc) is 2.54. The average molecular weight is 303 g/mol. The number of rotatable bonds is 6. The van der Waals surface area contributed by atoms with Gasteiger partial charge in [0.1, 0.15) is 5.82 Å². The van der Waals surface area contributed by atoms with Crippen molar-refractivity contribution < 1.29 is 18.7 Å². The molecule has 116 valence electrons. The van der Waals surface area contributed by atoms with E-state index in [9.17, 15) is 9.18 Å². The smallest absolute Gasteiger partial charge is 0.255 e. The molecule has 0 aliphatic rings. The van der Waals surface area contributed by atoms with E-state index in [1.54, 1.807) is 30.3 Å². The van der Waals surface area contributed by atoms with Gasteiger partial charge in [-0.25, -0.2) is 4.39 Å². The van der Waals surface area contributed by atoms with E-state index in [4.69, 9.17) is 9.47 Å². The monoisotopic (exact) mass is 303 g/mol. The number of amides is 1. The molecule has 2 aromatic rings. The van der Waals surface area contributed by atoms with Crippen molar-refractivity contribution in [2.24, 2.45) is 0 Å². The van der Waals surface area contributed by atoms with Crippen molar-refractivity contribution in [2.45, 2.75) is 13.3 Å². The Morgan fingerprint density at radius 2 is 1.95 bits per heavy atom. The number of hydrogen-bond donors (Lipinski definition) is 1. The summed E-state index contributed by atoms with van der Waals surface area (Å²) in [7, 11) is 1.51. The number of methoxy groups -OCH3 is 1. The summed E-state index contributed by atoms with van der Waals surface area (Å²) >= 11 is 0. The van der Waals surface area contributed by atoms with Gasteiger partial charge in [0.25, 0.3) is 5.91 Å². The Kier molecular flexibility index (Phi) is 5.36. The van der Waals surface area contributed by atoms with Crippen LogP contribution in [0.5, 0.6) is 11.5 Å². The van der Waals surface area contributed by atoms with Gasteiger partial charge in [0.15, 0.2) is 11.5 Å². The first-order valence-electron chi connectivity index (χ1n) is 7.02. The van der Waals surface area contributed by atoms with Gasteiger partial charge in [-0.1, -0.05) is 19.1 Å². The Labute approximate surface area is 128 Å². The maximum atomic E-state index is 13.6. The molecule has 0 saturated carbocycles. The largest absolute Gasteiger partial charge is 0.493 e. The van der Waals surface area contributed by atoms with Crippen LogP contribution < -0.4 is 14.8 Å². The van der Waals surface area contributed by atoms with E-state index in [1.807, 2.05) is 6.92 Å². The number of carbonyl (C=O) groups excluding carboxylic acids is 1. The molecule has 0 radical (unpaired) electrons. The van der Waals surface area contributed by atoms with Crippen LogP contribution in [0.2, 0.25) is 0 Å². The van der Waals surface area contributed by atoms with E-state index >= 15 is 0 Å². The lowest BCUT2D eigenvalue weighted by molar-refractivity contribution is 0.102. The molecule has 0 spiro atoms. The molecule has 0 aliphatic carbocycles. The molecule has 1 amide bonds. The van der Waals surface area contributed by atoms with Gasteiger partial charge in [0.05, 0.1) is 19.4 Å². The van der Waals surface area contributed by atoms with Crippen LogP contribution in [0, 0.1) is 5.82 Å². The van der Waals surface area contributed by atoms with Crippen molar-refractivity contribution >= 4 is 11.6 Å². The molecular weight excluding hydrogens is 285 g/mol. The first-order chi connectivity index (χ1) is 10.7. The molecule has 0 aliphatic heterocycles. The molecule has 0 bridgehead atoms. The molecule has 1 N–H and O–H groups in total. The van der Waals surface area contributed by atoms with Crippen LogP contribution in [0.3, 0.4) is 0 Å². The van der Waals surface area contributed by atoms with E-state index in [2.05, 4.69) is 5.32 Å². The van der Waals surface area contributed by atoms with Crippen molar-refractivity contribution in [3.63, 3.8) is 0 Å². The van der Waals surface area contributed by atoms with Crippen LogP contribution in [0.25, 0.3) is 0 Å². The van der Waals surface area contributed by atoms with Gasteiger partial charge < -0.3 is 14.8 Å². The lowest BCUT2D eigenvalue weighted by Crippen LogP contribution is -2.13. The third kappa shape index (κ3) is 3.75. The second-order valence-electron chi connectivity index (χ2n) is 4.65. The number of carbonyl (C=O) groups is 1. The molecule has 0 heterocycles. The van der Waals surface area contributed by atoms with E-state index in [0.717, 1.165) is 6.42 Å². The minimum Gasteiger partial charge on any atom is -0.493 e. The molecular formula is C17H18FNO3. The van der Waals surface area contributed by atoms with Crippen molar-refractivity contribution in [1.29, 1.82) is 0 Å². The minimum atomic E-state index is -0.481. The van der Waals surface area contributed by atoms with Crippen molar-refractivity contribution in [2.75, 3.05) is 19.0 Å². The summed E-state index contributed by atoms with van der Waals surface area (Å²) < 4.78 is 24.3. The molecule has 0 unspecified atom stereocenters. The second-order valence-corrected chi connectivity index (χ2v) is 4.65. The van der Waals surface area contributed by atoms with Crippen molar-refractivity contribution in [3.05, 3.63) is 53.8 Å². The van der Waals surface area contributed by atoms with Gasteiger partial charge in [-0.3, -0.25) is 4.79 Å². The number of nitrogens with one attached hydrogen (secondary N) is 1. The maximum Gasteiger partial charge on any atom is 0.255 e. The topological polar surface area (TPSA) is 47.6 Å². The standard InChI is InChI=1S/C17H18FNO3/c1-3-10-22-15-9-8-12(11-16(15)21-2)17(20)19-14-7-5-4-6-13(14)18/h4-9,11H,3,10H2,1-2H3,(H,19,20). The molecule has 0 atom stereocenters. The molecule has 0 saturated heterocycles. The number of ether oxygens (including phenoxy) is 2. The van der Waals surface area contributed by atoms with Gasteiger partial charge >= 0.3 is 0 Å². The fraction of sp³-hybridized carbons (Fsp3) is 0.235. The van der Waals surface area contributed by atoms with Crippen LogP contribution in [-0.4, -0.2) is 19.6 Å². The zero-order valence-electron chi connectivity index (χ0n) is 12.6. The number of benzene rings is 2. The normalized spacial score (nSPS) is 10.1. The van der Waals surface area contributed by atoms with E-state index in [-0.39, 0.29) is 5.69 Å². The Bertz CT molecular complexity index is 658. The summed E-state index contributed by atoms with van der Waals surface area (Å²) in [5.74, 6) is 0.151. The highest BCUT2D eigenvalue weighted by molar-refractivity contribution is 6.04. The highest BCUT2D eigenvalue weighted by Crippen LogP contribution is 2.28. The summed E-state index contributed by atoms with van der Waals surface area (Å²) in [6.45, 7) is 2.57. The van der Waals surface area contributed by atoms with E-state index in [1.165, 1.54) is 19.2 Å². The molecule has 0 aromatic heterocycles. The zero-order chi connectivity index (χ0) is 15.9. The van der Waals surface area contributed by atoms with Crippen LogP contribution in [-0.2, 0) is 0 Å². The summed E-state index contributed by atoms with van der Waals surface area (Å²) in [6, 6.07) is 10.9. The highest BCUT2D eigenvalue weighted by Gasteiger charge is 2.12. The summed E-state index contributed by atoms with van der Waals surface area (Å²) in [4.78, 5) is 12.2. The van der Waals surface area contributed by atoms with Gasteiger partial charge in [0.2, 0.25) is 0 Å². The zero-order valence-corrected chi connectivity index (χ0v) is 12.6. The van der Waals surface area contributed by atoms with Crippen LogP contribution in [0.1, 0.15) is 23.7 Å². The molecule has 5 heteroatoms. The Morgan fingerprint density at radius 1 is 1.18 bits per heavy atom. The predicted octanol–water partition coefficient (Wildman–Crippen LogP) is 3.88. The van der Waals surface area contributed by atoms with E-state index < -0.39 is 11.7 Å². The number of para-hydroxylation sites is 1. The minimum absolute atomic E-state index is 0.137. The first-order valence-corrected chi connectivity index (χ1v) is 7.02. The second kappa shape index (κ2) is 7.45. The van der Waals surface area contributed by atoms with Crippen LogP contribution in [0.4, 0.5) is 10.1 Å².